The van der Waals surface area contributed by atoms with Crippen molar-refractivity contribution in [2.24, 2.45) is 10.9 Å². The molecule has 0 bridgehead atoms. The quantitative estimate of drug-likeness (QED) is 0.635. The van der Waals surface area contributed by atoms with Crippen molar-refractivity contribution in [3.63, 3.8) is 0 Å². The van der Waals surface area contributed by atoms with Gasteiger partial charge in [-0.25, -0.2) is 0 Å². The van der Waals surface area contributed by atoms with Crippen LogP contribution in [0.5, 0.6) is 0 Å². The van der Waals surface area contributed by atoms with Crippen molar-refractivity contribution < 1.29 is 0 Å². The third-order valence-electron chi connectivity index (χ3n) is 4.75. The molecule has 0 spiro atoms. The van der Waals surface area contributed by atoms with Gasteiger partial charge in [0.15, 0.2) is 0 Å². The summed E-state index contributed by atoms with van der Waals surface area (Å²) < 4.78 is 4.09. The van der Waals surface area contributed by atoms with Gasteiger partial charge in [0.25, 0.3) is 0 Å². The fourth-order valence-corrected chi connectivity index (χ4v) is 3.82. The molecule has 0 atom stereocenters. The first-order valence-electron chi connectivity index (χ1n) is 8.81. The van der Waals surface area contributed by atoms with E-state index in [1.165, 1.54) is 54.8 Å². The lowest BCUT2D eigenvalue weighted by molar-refractivity contribution is 0.367. The molecule has 24 heavy (non-hydrogen) atoms. The summed E-state index contributed by atoms with van der Waals surface area (Å²) in [5.74, 6) is 1.64. The Bertz CT molecular complexity index is 714. The molecule has 1 fully saturated rings. The molecule has 128 valence electrons. The predicted octanol–water partition coefficient (Wildman–Crippen LogP) is 4.90. The molecule has 4 nitrogen and oxygen atoms in total. The van der Waals surface area contributed by atoms with E-state index in [2.05, 4.69) is 47.0 Å². The lowest BCUT2D eigenvalue weighted by atomic mass is 9.89. The van der Waals surface area contributed by atoms with Gasteiger partial charge in [0, 0.05) is 12.2 Å². The van der Waals surface area contributed by atoms with E-state index in [0.29, 0.717) is 0 Å². The van der Waals surface area contributed by atoms with Crippen LogP contribution in [-0.4, -0.2) is 22.0 Å². The van der Waals surface area contributed by atoms with Gasteiger partial charge in [-0.15, -0.1) is 5.10 Å². The van der Waals surface area contributed by atoms with Crippen molar-refractivity contribution in [3.8, 4) is 0 Å². The van der Waals surface area contributed by atoms with Gasteiger partial charge < -0.3 is 5.32 Å². The summed E-state index contributed by atoms with van der Waals surface area (Å²) >= 11 is 1.42. The van der Waals surface area contributed by atoms with Gasteiger partial charge in [-0.3, -0.25) is 4.99 Å². The zero-order chi connectivity index (χ0) is 16.9. The zero-order valence-corrected chi connectivity index (χ0v) is 15.6. The summed E-state index contributed by atoms with van der Waals surface area (Å²) in [7, 11) is 0. The molecule has 0 saturated heterocycles. The van der Waals surface area contributed by atoms with Crippen molar-refractivity contribution >= 4 is 23.1 Å². The Morgan fingerprint density at radius 1 is 1.21 bits per heavy atom. The lowest BCUT2D eigenvalue weighted by Crippen LogP contribution is -2.18. The van der Waals surface area contributed by atoms with E-state index in [0.717, 1.165) is 34.6 Å². The van der Waals surface area contributed by atoms with Gasteiger partial charge in [0.05, 0.1) is 5.69 Å². The van der Waals surface area contributed by atoms with Gasteiger partial charge in [-0.05, 0) is 68.3 Å². The van der Waals surface area contributed by atoms with E-state index in [4.69, 9.17) is 4.99 Å². The Labute approximate surface area is 148 Å². The van der Waals surface area contributed by atoms with Crippen molar-refractivity contribution in [2.45, 2.75) is 52.9 Å². The number of nitrogens with zero attached hydrogens (tertiary/aromatic N) is 3. The summed E-state index contributed by atoms with van der Waals surface area (Å²) in [6.45, 7) is 7.13. The van der Waals surface area contributed by atoms with Crippen LogP contribution in [0.3, 0.4) is 0 Å². The number of amidine groups is 1. The van der Waals surface area contributed by atoms with E-state index in [1.54, 1.807) is 0 Å². The molecule has 1 aliphatic carbocycles. The SMILES string of the molecule is Cc1ccc(C)c(NC(=NCC2CCCCC2)c2snnc2C)c1. The number of anilines is 1. The normalized spacial score (nSPS) is 16.4. The maximum absolute atomic E-state index is 4.95. The molecular formula is C19H26N4S. The Hall–Kier alpha value is -1.75. The number of aromatic nitrogens is 2. The molecule has 1 aliphatic rings. The van der Waals surface area contributed by atoms with Crippen molar-refractivity contribution in [1.29, 1.82) is 0 Å². The zero-order valence-electron chi connectivity index (χ0n) is 14.8. The fourth-order valence-electron chi connectivity index (χ4n) is 3.20. The summed E-state index contributed by atoms with van der Waals surface area (Å²) in [4.78, 5) is 6.00. The molecule has 2 aromatic rings. The summed E-state index contributed by atoms with van der Waals surface area (Å²) in [5.41, 5.74) is 4.53. The number of benzene rings is 1. The molecule has 1 aromatic heterocycles. The lowest BCUT2D eigenvalue weighted by Gasteiger charge is -2.20. The summed E-state index contributed by atoms with van der Waals surface area (Å²) in [5, 5.41) is 7.71. The van der Waals surface area contributed by atoms with Crippen LogP contribution in [0.15, 0.2) is 23.2 Å². The van der Waals surface area contributed by atoms with Gasteiger partial charge in [0.1, 0.15) is 10.7 Å². The van der Waals surface area contributed by atoms with Crippen LogP contribution in [0, 0.1) is 26.7 Å². The van der Waals surface area contributed by atoms with Gasteiger partial charge >= 0.3 is 0 Å². The van der Waals surface area contributed by atoms with Crippen LogP contribution in [0.4, 0.5) is 5.69 Å². The van der Waals surface area contributed by atoms with E-state index < -0.39 is 0 Å². The smallest absolute Gasteiger partial charge is 0.146 e. The highest BCUT2D eigenvalue weighted by Gasteiger charge is 2.16. The molecular weight excluding hydrogens is 316 g/mol. The number of hydrogen-bond acceptors (Lipinski definition) is 4. The number of nitrogens with one attached hydrogen (secondary N) is 1. The van der Waals surface area contributed by atoms with Crippen molar-refractivity contribution in [2.75, 3.05) is 11.9 Å². The second-order valence-corrected chi connectivity index (χ2v) is 7.58. The number of aryl methyl sites for hydroxylation is 3. The Balaban J connectivity index is 1.84. The second kappa shape index (κ2) is 7.88. The molecule has 0 unspecified atom stereocenters. The Morgan fingerprint density at radius 3 is 2.71 bits per heavy atom. The van der Waals surface area contributed by atoms with Crippen LogP contribution in [0.25, 0.3) is 0 Å². The van der Waals surface area contributed by atoms with E-state index >= 15 is 0 Å². The topological polar surface area (TPSA) is 50.2 Å². The third-order valence-corrected chi connectivity index (χ3v) is 5.58. The van der Waals surface area contributed by atoms with Crippen LogP contribution >= 0.6 is 11.5 Å². The highest BCUT2D eigenvalue weighted by atomic mass is 32.1. The molecule has 3 rings (SSSR count). The standard InChI is InChI=1S/C19H26N4S/c1-13-9-10-14(2)17(11-13)21-19(18-15(3)22-23-24-18)20-12-16-7-5-4-6-8-16/h9-11,16H,4-8,12H2,1-3H3,(H,20,21). The maximum atomic E-state index is 4.95. The van der Waals surface area contributed by atoms with E-state index in [1.807, 2.05) is 6.92 Å². The molecule has 0 aliphatic heterocycles. The monoisotopic (exact) mass is 342 g/mol. The molecule has 1 saturated carbocycles. The van der Waals surface area contributed by atoms with Crippen LogP contribution in [0.1, 0.15) is 53.8 Å². The third kappa shape index (κ3) is 4.20. The minimum atomic E-state index is 0.718. The minimum absolute atomic E-state index is 0.718. The van der Waals surface area contributed by atoms with Crippen LogP contribution in [-0.2, 0) is 0 Å². The second-order valence-electron chi connectivity index (χ2n) is 6.82. The highest BCUT2D eigenvalue weighted by molar-refractivity contribution is 7.08. The van der Waals surface area contributed by atoms with Crippen LogP contribution in [0.2, 0.25) is 0 Å². The maximum Gasteiger partial charge on any atom is 0.146 e. The van der Waals surface area contributed by atoms with E-state index in [9.17, 15) is 0 Å². The molecule has 1 N–H and O–H groups in total. The fraction of sp³-hybridized carbons (Fsp3) is 0.526. The average Bonchev–Trinajstić information content (AvgIpc) is 3.01. The first-order chi connectivity index (χ1) is 11.6. The molecule has 1 heterocycles. The number of hydrogen-bond donors (Lipinski definition) is 1. The Morgan fingerprint density at radius 2 is 2.00 bits per heavy atom. The molecule has 0 amide bonds. The minimum Gasteiger partial charge on any atom is -0.339 e. The first-order valence-corrected chi connectivity index (χ1v) is 9.59. The summed E-state index contributed by atoms with van der Waals surface area (Å²) in [6, 6.07) is 6.46. The number of rotatable bonds is 4. The van der Waals surface area contributed by atoms with Gasteiger partial charge in [-0.1, -0.05) is 35.9 Å². The predicted molar refractivity (Wildman–Crippen MR) is 102 cm³/mol. The molecule has 1 aromatic carbocycles. The largest absolute Gasteiger partial charge is 0.339 e. The number of aliphatic imine (C=N–C) groups is 1. The first kappa shape index (κ1) is 17.1. The van der Waals surface area contributed by atoms with Gasteiger partial charge in [-0.2, -0.15) is 0 Å². The average molecular weight is 343 g/mol. The van der Waals surface area contributed by atoms with Crippen molar-refractivity contribution in [3.05, 3.63) is 39.9 Å². The highest BCUT2D eigenvalue weighted by Crippen LogP contribution is 2.25. The summed E-state index contributed by atoms with van der Waals surface area (Å²) in [6.07, 6.45) is 6.69. The molecule has 0 radical (unpaired) electrons. The van der Waals surface area contributed by atoms with E-state index in [-0.39, 0.29) is 0 Å². The van der Waals surface area contributed by atoms with Crippen LogP contribution < -0.4 is 5.32 Å². The van der Waals surface area contributed by atoms with Gasteiger partial charge in [0.2, 0.25) is 0 Å². The molecule has 5 heteroatoms. The van der Waals surface area contributed by atoms with Crippen molar-refractivity contribution in [1.82, 2.24) is 9.59 Å². The Kier molecular flexibility index (Phi) is 5.61.